The van der Waals surface area contributed by atoms with Gasteiger partial charge in [-0.1, -0.05) is 23.7 Å². The van der Waals surface area contributed by atoms with Crippen molar-refractivity contribution < 1.29 is 9.47 Å². The lowest BCUT2D eigenvalue weighted by molar-refractivity contribution is 0.0288. The molecule has 4 heteroatoms. The smallest absolute Gasteiger partial charge is 0.0928 e. The molecule has 1 atom stereocenters. The molecule has 0 spiro atoms. The molecule has 0 aliphatic carbocycles. The van der Waals surface area contributed by atoms with Crippen molar-refractivity contribution in [2.75, 3.05) is 27.4 Å². The van der Waals surface area contributed by atoms with Crippen LogP contribution < -0.4 is 5.32 Å². The van der Waals surface area contributed by atoms with E-state index in [1.54, 1.807) is 14.2 Å². The molecular formula is C13H20ClNO2. The van der Waals surface area contributed by atoms with Crippen molar-refractivity contribution >= 4 is 11.6 Å². The first-order valence-corrected chi connectivity index (χ1v) is 6.02. The molecule has 0 aromatic heterocycles. The number of benzene rings is 1. The second-order valence-corrected chi connectivity index (χ2v) is 4.45. The van der Waals surface area contributed by atoms with Gasteiger partial charge in [0.2, 0.25) is 0 Å². The lowest BCUT2D eigenvalue weighted by Crippen LogP contribution is -2.31. The third kappa shape index (κ3) is 5.04. The molecule has 0 saturated carbocycles. The van der Waals surface area contributed by atoms with E-state index in [0.29, 0.717) is 6.61 Å². The van der Waals surface area contributed by atoms with Gasteiger partial charge in [0.25, 0.3) is 0 Å². The summed E-state index contributed by atoms with van der Waals surface area (Å²) in [6.07, 6.45) is 0.0734. The fourth-order valence-electron chi connectivity index (χ4n) is 1.56. The van der Waals surface area contributed by atoms with E-state index in [9.17, 15) is 0 Å². The number of hydrogen-bond acceptors (Lipinski definition) is 3. The van der Waals surface area contributed by atoms with Gasteiger partial charge in [-0.2, -0.15) is 0 Å². The van der Waals surface area contributed by atoms with Crippen LogP contribution in [0.2, 0.25) is 5.02 Å². The zero-order chi connectivity index (χ0) is 12.7. The van der Waals surface area contributed by atoms with Gasteiger partial charge in [0.15, 0.2) is 0 Å². The van der Waals surface area contributed by atoms with Gasteiger partial charge < -0.3 is 14.8 Å². The number of methoxy groups -OCH3 is 2. The van der Waals surface area contributed by atoms with Crippen LogP contribution in [-0.2, 0) is 16.0 Å². The quantitative estimate of drug-likeness (QED) is 0.814. The first-order chi connectivity index (χ1) is 8.17. The largest absolute Gasteiger partial charge is 0.382 e. The number of aryl methyl sites for hydroxylation is 1. The Morgan fingerprint density at radius 1 is 1.35 bits per heavy atom. The predicted octanol–water partition coefficient (Wildman–Crippen LogP) is 2.40. The molecule has 0 fully saturated rings. The van der Waals surface area contributed by atoms with Crippen molar-refractivity contribution in [2.24, 2.45) is 0 Å². The van der Waals surface area contributed by atoms with E-state index in [-0.39, 0.29) is 6.10 Å². The summed E-state index contributed by atoms with van der Waals surface area (Å²) in [5, 5.41) is 4.11. The number of hydrogen-bond donors (Lipinski definition) is 1. The van der Waals surface area contributed by atoms with Crippen LogP contribution in [0.1, 0.15) is 11.1 Å². The molecule has 1 unspecified atom stereocenters. The first kappa shape index (κ1) is 14.5. The molecular weight excluding hydrogens is 238 g/mol. The van der Waals surface area contributed by atoms with Crippen LogP contribution in [0.3, 0.4) is 0 Å². The minimum Gasteiger partial charge on any atom is -0.382 e. The lowest BCUT2D eigenvalue weighted by atomic mass is 10.1. The summed E-state index contributed by atoms with van der Waals surface area (Å²) < 4.78 is 10.3. The number of halogens is 1. The van der Waals surface area contributed by atoms with Crippen LogP contribution in [0.25, 0.3) is 0 Å². The standard InChI is InChI=1S/C13H20ClNO2/c1-10-4-5-11(13(14)6-10)7-15-8-12(17-3)9-16-2/h4-6,12,15H,7-9H2,1-3H3. The maximum absolute atomic E-state index is 6.14. The van der Waals surface area contributed by atoms with Crippen molar-refractivity contribution in [2.45, 2.75) is 19.6 Å². The van der Waals surface area contributed by atoms with E-state index in [1.165, 1.54) is 5.56 Å². The van der Waals surface area contributed by atoms with Crippen LogP contribution in [0.4, 0.5) is 0 Å². The minimum absolute atomic E-state index is 0.0734. The first-order valence-electron chi connectivity index (χ1n) is 5.65. The molecule has 96 valence electrons. The van der Waals surface area contributed by atoms with Crippen molar-refractivity contribution in [1.29, 1.82) is 0 Å². The average Bonchev–Trinajstić information content (AvgIpc) is 2.30. The number of nitrogens with one attached hydrogen (secondary N) is 1. The van der Waals surface area contributed by atoms with Gasteiger partial charge in [0.05, 0.1) is 12.7 Å². The monoisotopic (exact) mass is 257 g/mol. The van der Waals surface area contributed by atoms with Crippen molar-refractivity contribution in [3.8, 4) is 0 Å². The second kappa shape index (κ2) is 7.67. The molecule has 1 aromatic rings. The zero-order valence-corrected chi connectivity index (χ0v) is 11.4. The third-order valence-electron chi connectivity index (χ3n) is 2.58. The van der Waals surface area contributed by atoms with Gasteiger partial charge >= 0.3 is 0 Å². The molecule has 1 aromatic carbocycles. The summed E-state index contributed by atoms with van der Waals surface area (Å²) in [4.78, 5) is 0. The van der Waals surface area contributed by atoms with Crippen LogP contribution in [-0.4, -0.2) is 33.5 Å². The van der Waals surface area contributed by atoms with Crippen LogP contribution in [0, 0.1) is 6.92 Å². The van der Waals surface area contributed by atoms with E-state index in [1.807, 2.05) is 19.1 Å². The van der Waals surface area contributed by atoms with Gasteiger partial charge in [-0.05, 0) is 24.1 Å². The molecule has 0 aliphatic heterocycles. The minimum atomic E-state index is 0.0734. The highest BCUT2D eigenvalue weighted by molar-refractivity contribution is 6.31. The Kier molecular flexibility index (Phi) is 6.52. The molecule has 1 rings (SSSR count). The second-order valence-electron chi connectivity index (χ2n) is 4.04. The number of rotatable bonds is 7. The highest BCUT2D eigenvalue weighted by atomic mass is 35.5. The summed E-state index contributed by atoms with van der Waals surface area (Å²) in [5.74, 6) is 0. The van der Waals surface area contributed by atoms with Crippen LogP contribution in [0.5, 0.6) is 0 Å². The molecule has 0 amide bonds. The Morgan fingerprint density at radius 2 is 2.12 bits per heavy atom. The van der Waals surface area contributed by atoms with Crippen molar-refractivity contribution in [3.05, 3.63) is 34.3 Å². The summed E-state index contributed by atoms with van der Waals surface area (Å²) in [6, 6.07) is 6.08. The molecule has 3 nitrogen and oxygen atoms in total. The Balaban J connectivity index is 2.39. The molecule has 0 bridgehead atoms. The van der Waals surface area contributed by atoms with Gasteiger partial charge in [0.1, 0.15) is 0 Å². The van der Waals surface area contributed by atoms with Crippen molar-refractivity contribution in [3.63, 3.8) is 0 Å². The summed E-state index contributed by atoms with van der Waals surface area (Å²) in [7, 11) is 3.35. The highest BCUT2D eigenvalue weighted by Gasteiger charge is 2.06. The summed E-state index contributed by atoms with van der Waals surface area (Å²) in [6.45, 7) is 4.10. The number of ether oxygens (including phenoxy) is 2. The third-order valence-corrected chi connectivity index (χ3v) is 2.93. The molecule has 0 heterocycles. The molecule has 0 radical (unpaired) electrons. The summed E-state index contributed by atoms with van der Waals surface area (Å²) in [5.41, 5.74) is 2.28. The van der Waals surface area contributed by atoms with Gasteiger partial charge in [-0.25, -0.2) is 0 Å². The summed E-state index contributed by atoms with van der Waals surface area (Å²) >= 11 is 6.14. The molecule has 0 saturated heterocycles. The average molecular weight is 258 g/mol. The molecule has 17 heavy (non-hydrogen) atoms. The van der Waals surface area contributed by atoms with Gasteiger partial charge in [-0.3, -0.25) is 0 Å². The van der Waals surface area contributed by atoms with Gasteiger partial charge in [-0.15, -0.1) is 0 Å². The predicted molar refractivity (Wildman–Crippen MR) is 70.6 cm³/mol. The van der Waals surface area contributed by atoms with Crippen LogP contribution >= 0.6 is 11.6 Å². The Hall–Kier alpha value is -0.610. The van der Waals surface area contributed by atoms with Gasteiger partial charge in [0, 0.05) is 32.3 Å². The topological polar surface area (TPSA) is 30.5 Å². The fraction of sp³-hybridized carbons (Fsp3) is 0.538. The fourth-order valence-corrected chi connectivity index (χ4v) is 1.86. The maximum Gasteiger partial charge on any atom is 0.0928 e. The van der Waals surface area contributed by atoms with Crippen molar-refractivity contribution in [1.82, 2.24) is 5.32 Å². The van der Waals surface area contributed by atoms with E-state index in [4.69, 9.17) is 21.1 Å². The van der Waals surface area contributed by atoms with E-state index < -0.39 is 0 Å². The Bertz CT molecular complexity index is 344. The maximum atomic E-state index is 6.14. The SMILES string of the molecule is COCC(CNCc1ccc(C)cc1Cl)OC. The van der Waals surface area contributed by atoms with E-state index in [2.05, 4.69) is 11.4 Å². The Labute approximate surface area is 108 Å². The van der Waals surface area contributed by atoms with Crippen LogP contribution in [0.15, 0.2) is 18.2 Å². The highest BCUT2D eigenvalue weighted by Crippen LogP contribution is 2.17. The lowest BCUT2D eigenvalue weighted by Gasteiger charge is -2.15. The Morgan fingerprint density at radius 3 is 2.71 bits per heavy atom. The zero-order valence-electron chi connectivity index (χ0n) is 10.6. The van der Waals surface area contributed by atoms with E-state index >= 15 is 0 Å². The normalized spacial score (nSPS) is 12.7. The molecule has 0 aliphatic rings. The molecule has 1 N–H and O–H groups in total. The van der Waals surface area contributed by atoms with E-state index in [0.717, 1.165) is 23.7 Å².